The van der Waals surface area contributed by atoms with Gasteiger partial charge in [0.05, 0.1) is 5.56 Å². The van der Waals surface area contributed by atoms with Gasteiger partial charge in [-0.3, -0.25) is 4.90 Å². The first kappa shape index (κ1) is 14.0. The fourth-order valence-electron chi connectivity index (χ4n) is 2.67. The molecule has 1 fully saturated rings. The van der Waals surface area contributed by atoms with Crippen molar-refractivity contribution in [1.29, 1.82) is 5.26 Å². The minimum Gasteiger partial charge on any atom is -0.319 e. The van der Waals surface area contributed by atoms with Crippen molar-refractivity contribution in [1.82, 2.24) is 10.2 Å². The molecular weight excluding hydrogens is 241 g/mol. The van der Waals surface area contributed by atoms with Crippen molar-refractivity contribution in [3.05, 3.63) is 35.1 Å². The molecule has 0 aliphatic carbocycles. The first-order valence-corrected chi connectivity index (χ1v) is 6.79. The highest BCUT2D eigenvalue weighted by atomic mass is 19.1. The van der Waals surface area contributed by atoms with Crippen LogP contribution in [0.25, 0.3) is 0 Å². The molecule has 1 saturated heterocycles. The number of likely N-dealkylation sites (tertiary alicyclic amines) is 1. The van der Waals surface area contributed by atoms with E-state index >= 15 is 0 Å². The quantitative estimate of drug-likeness (QED) is 0.902. The zero-order valence-corrected chi connectivity index (χ0v) is 11.3. The van der Waals surface area contributed by atoms with Gasteiger partial charge in [0.15, 0.2) is 0 Å². The van der Waals surface area contributed by atoms with Gasteiger partial charge in [-0.2, -0.15) is 5.26 Å². The van der Waals surface area contributed by atoms with E-state index < -0.39 is 0 Å². The molecule has 1 heterocycles. The van der Waals surface area contributed by atoms with E-state index in [-0.39, 0.29) is 11.4 Å². The maximum absolute atomic E-state index is 14.0. The van der Waals surface area contributed by atoms with Gasteiger partial charge in [0.2, 0.25) is 0 Å². The van der Waals surface area contributed by atoms with Crippen molar-refractivity contribution >= 4 is 0 Å². The summed E-state index contributed by atoms with van der Waals surface area (Å²) in [6.07, 6.45) is 2.31. The highest BCUT2D eigenvalue weighted by Gasteiger charge is 2.19. The van der Waals surface area contributed by atoms with Gasteiger partial charge < -0.3 is 5.32 Å². The van der Waals surface area contributed by atoms with Crippen LogP contribution >= 0.6 is 0 Å². The van der Waals surface area contributed by atoms with Crippen LogP contribution in [0.15, 0.2) is 18.2 Å². The van der Waals surface area contributed by atoms with E-state index in [1.54, 1.807) is 12.1 Å². The van der Waals surface area contributed by atoms with Crippen LogP contribution in [0.2, 0.25) is 0 Å². The molecule has 0 aromatic heterocycles. The maximum Gasteiger partial charge on any atom is 0.145 e. The van der Waals surface area contributed by atoms with Crippen molar-refractivity contribution in [3.63, 3.8) is 0 Å². The number of nitrogens with one attached hydrogen (secondary N) is 1. The van der Waals surface area contributed by atoms with E-state index in [4.69, 9.17) is 5.26 Å². The largest absolute Gasteiger partial charge is 0.319 e. The second-order valence-electron chi connectivity index (χ2n) is 5.17. The van der Waals surface area contributed by atoms with Crippen molar-refractivity contribution in [2.75, 3.05) is 26.7 Å². The van der Waals surface area contributed by atoms with E-state index in [1.807, 2.05) is 13.1 Å². The molecule has 1 N–H and O–H groups in total. The molecule has 1 aliphatic rings. The third kappa shape index (κ3) is 3.52. The normalized spacial score (nSPS) is 17.3. The molecule has 4 heteroatoms. The van der Waals surface area contributed by atoms with Crippen LogP contribution in [0.1, 0.15) is 24.0 Å². The molecule has 1 aromatic rings. The molecule has 1 aromatic carbocycles. The summed E-state index contributed by atoms with van der Waals surface area (Å²) in [5, 5.41) is 12.0. The fraction of sp³-hybridized carbons (Fsp3) is 0.533. The fourth-order valence-corrected chi connectivity index (χ4v) is 2.67. The molecule has 3 nitrogen and oxygen atoms in total. The SMILES string of the molecule is CNCC1CCN(Cc2cccc(C#N)c2F)CC1. The number of benzene rings is 1. The molecule has 0 amide bonds. The van der Waals surface area contributed by atoms with E-state index in [0.717, 1.165) is 38.4 Å². The number of hydrogen-bond donors (Lipinski definition) is 1. The summed E-state index contributed by atoms with van der Waals surface area (Å²) in [5.41, 5.74) is 0.772. The number of rotatable bonds is 4. The van der Waals surface area contributed by atoms with E-state index in [2.05, 4.69) is 10.2 Å². The van der Waals surface area contributed by atoms with Gasteiger partial charge in [-0.25, -0.2) is 4.39 Å². The number of nitriles is 1. The highest BCUT2D eigenvalue weighted by Crippen LogP contribution is 2.20. The number of halogens is 1. The summed E-state index contributed by atoms with van der Waals surface area (Å²) in [6, 6.07) is 6.95. The van der Waals surface area contributed by atoms with E-state index in [0.29, 0.717) is 12.1 Å². The number of hydrogen-bond acceptors (Lipinski definition) is 3. The van der Waals surface area contributed by atoms with Crippen molar-refractivity contribution < 1.29 is 4.39 Å². The average Bonchev–Trinajstić information content (AvgIpc) is 2.43. The zero-order chi connectivity index (χ0) is 13.7. The van der Waals surface area contributed by atoms with Crippen LogP contribution in [0.3, 0.4) is 0 Å². The Morgan fingerprint density at radius 1 is 1.42 bits per heavy atom. The third-order valence-electron chi connectivity index (χ3n) is 3.79. The second kappa shape index (κ2) is 6.65. The summed E-state index contributed by atoms with van der Waals surface area (Å²) < 4.78 is 14.0. The Kier molecular flexibility index (Phi) is 4.89. The number of piperidine rings is 1. The van der Waals surface area contributed by atoms with Crippen LogP contribution in [-0.4, -0.2) is 31.6 Å². The van der Waals surface area contributed by atoms with E-state index in [1.165, 1.54) is 6.07 Å². The van der Waals surface area contributed by atoms with Gasteiger partial charge >= 0.3 is 0 Å². The Hall–Kier alpha value is -1.44. The summed E-state index contributed by atoms with van der Waals surface area (Å²) in [4.78, 5) is 2.27. The average molecular weight is 261 g/mol. The monoisotopic (exact) mass is 261 g/mol. The Morgan fingerprint density at radius 3 is 2.79 bits per heavy atom. The molecule has 1 aliphatic heterocycles. The lowest BCUT2D eigenvalue weighted by atomic mass is 9.96. The lowest BCUT2D eigenvalue weighted by Gasteiger charge is -2.32. The first-order chi connectivity index (χ1) is 9.24. The molecule has 0 radical (unpaired) electrons. The van der Waals surface area contributed by atoms with Crippen LogP contribution in [-0.2, 0) is 6.54 Å². The Balaban J connectivity index is 1.94. The van der Waals surface area contributed by atoms with Gasteiger partial charge in [0.25, 0.3) is 0 Å². The molecular formula is C15H20FN3. The maximum atomic E-state index is 14.0. The minimum atomic E-state index is -0.359. The smallest absolute Gasteiger partial charge is 0.145 e. The standard InChI is InChI=1S/C15H20FN3/c1-18-10-12-5-7-19(8-6-12)11-14-4-2-3-13(9-17)15(14)16/h2-4,12,18H,5-8,10-11H2,1H3. The topological polar surface area (TPSA) is 39.1 Å². The minimum absolute atomic E-state index is 0.141. The second-order valence-corrected chi connectivity index (χ2v) is 5.17. The molecule has 102 valence electrons. The van der Waals surface area contributed by atoms with Crippen molar-refractivity contribution in [2.45, 2.75) is 19.4 Å². The first-order valence-electron chi connectivity index (χ1n) is 6.79. The predicted octanol–water partition coefficient (Wildman–Crippen LogP) is 2.13. The number of nitrogens with zero attached hydrogens (tertiary/aromatic N) is 2. The Bertz CT molecular complexity index is 459. The molecule has 0 unspecified atom stereocenters. The lowest BCUT2D eigenvalue weighted by molar-refractivity contribution is 0.175. The molecule has 0 saturated carbocycles. The summed E-state index contributed by atoms with van der Waals surface area (Å²) >= 11 is 0. The molecule has 2 rings (SSSR count). The van der Waals surface area contributed by atoms with Gasteiger partial charge in [-0.1, -0.05) is 12.1 Å². The van der Waals surface area contributed by atoms with E-state index in [9.17, 15) is 4.39 Å². The van der Waals surface area contributed by atoms with Crippen LogP contribution in [0.5, 0.6) is 0 Å². The summed E-state index contributed by atoms with van der Waals surface area (Å²) in [6.45, 7) is 3.67. The van der Waals surface area contributed by atoms with Gasteiger partial charge in [-0.15, -0.1) is 0 Å². The lowest BCUT2D eigenvalue weighted by Crippen LogP contribution is -2.36. The van der Waals surface area contributed by atoms with Gasteiger partial charge in [0, 0.05) is 12.1 Å². The molecule has 0 atom stereocenters. The zero-order valence-electron chi connectivity index (χ0n) is 11.3. The summed E-state index contributed by atoms with van der Waals surface area (Å²) in [7, 11) is 1.98. The predicted molar refractivity (Wildman–Crippen MR) is 73.0 cm³/mol. The van der Waals surface area contributed by atoms with Gasteiger partial charge in [0.1, 0.15) is 11.9 Å². The van der Waals surface area contributed by atoms with Gasteiger partial charge in [-0.05, 0) is 51.5 Å². The van der Waals surface area contributed by atoms with Crippen molar-refractivity contribution in [2.24, 2.45) is 5.92 Å². The summed E-state index contributed by atoms with van der Waals surface area (Å²) in [5.74, 6) is 0.374. The van der Waals surface area contributed by atoms with Crippen LogP contribution in [0.4, 0.5) is 4.39 Å². The molecule has 0 bridgehead atoms. The third-order valence-corrected chi connectivity index (χ3v) is 3.79. The Labute approximate surface area is 114 Å². The Morgan fingerprint density at radius 2 is 2.16 bits per heavy atom. The highest BCUT2D eigenvalue weighted by molar-refractivity contribution is 5.34. The molecule has 19 heavy (non-hydrogen) atoms. The van der Waals surface area contributed by atoms with Crippen LogP contribution in [0, 0.1) is 23.1 Å². The van der Waals surface area contributed by atoms with Crippen LogP contribution < -0.4 is 5.32 Å². The molecule has 0 spiro atoms. The van der Waals surface area contributed by atoms with Crippen molar-refractivity contribution in [3.8, 4) is 6.07 Å².